The van der Waals surface area contributed by atoms with Gasteiger partial charge in [-0.05, 0) is 55.3 Å². The molecule has 1 aliphatic heterocycles. The second kappa shape index (κ2) is 8.33. The summed E-state index contributed by atoms with van der Waals surface area (Å²) in [5.41, 5.74) is 2.55. The molecule has 1 heterocycles. The fourth-order valence-electron chi connectivity index (χ4n) is 3.14. The van der Waals surface area contributed by atoms with Crippen molar-refractivity contribution in [3.8, 4) is 0 Å². The highest BCUT2D eigenvalue weighted by molar-refractivity contribution is 5.76. The molecule has 0 aliphatic carbocycles. The van der Waals surface area contributed by atoms with E-state index in [1.54, 1.807) is 0 Å². The molecular formula is C19H30N2O. The average molecular weight is 302 g/mol. The lowest BCUT2D eigenvalue weighted by Crippen LogP contribution is -2.32. The molecule has 1 fully saturated rings. The number of nitrogens with one attached hydrogen (secondary N) is 2. The lowest BCUT2D eigenvalue weighted by atomic mass is 9.94. The number of hydrogen-bond acceptors (Lipinski definition) is 2. The zero-order valence-corrected chi connectivity index (χ0v) is 14.2. The summed E-state index contributed by atoms with van der Waals surface area (Å²) < 4.78 is 0. The highest BCUT2D eigenvalue weighted by atomic mass is 16.1. The zero-order chi connectivity index (χ0) is 15.9. The van der Waals surface area contributed by atoms with Gasteiger partial charge >= 0.3 is 0 Å². The molecule has 1 aromatic carbocycles. The molecule has 2 rings (SSSR count). The van der Waals surface area contributed by atoms with Crippen molar-refractivity contribution in [1.29, 1.82) is 0 Å². The number of aryl methyl sites for hydroxylation is 1. The standard InChI is InChI=1S/C19H30N2O/c1-4-15-5-8-17(9-6-15)19(14(2)3)21-18(22)10-7-16-11-12-20-13-16/h5-6,8-9,14,16,19-20H,4,7,10-13H2,1-3H3,(H,21,22). The Morgan fingerprint density at radius 2 is 2.05 bits per heavy atom. The maximum absolute atomic E-state index is 12.3. The quantitative estimate of drug-likeness (QED) is 0.810. The maximum atomic E-state index is 12.3. The van der Waals surface area contributed by atoms with Crippen LogP contribution in [0.25, 0.3) is 0 Å². The number of carbonyl (C=O) groups is 1. The van der Waals surface area contributed by atoms with E-state index in [9.17, 15) is 4.79 Å². The molecule has 0 spiro atoms. The van der Waals surface area contributed by atoms with E-state index >= 15 is 0 Å². The van der Waals surface area contributed by atoms with E-state index in [4.69, 9.17) is 0 Å². The monoisotopic (exact) mass is 302 g/mol. The van der Waals surface area contributed by atoms with E-state index in [1.165, 1.54) is 17.5 Å². The Morgan fingerprint density at radius 3 is 2.59 bits per heavy atom. The average Bonchev–Trinajstić information content (AvgIpc) is 3.04. The third-order valence-electron chi connectivity index (χ3n) is 4.67. The van der Waals surface area contributed by atoms with Crippen LogP contribution >= 0.6 is 0 Å². The minimum atomic E-state index is 0.111. The first kappa shape index (κ1) is 17.0. The van der Waals surface area contributed by atoms with Gasteiger partial charge in [0.15, 0.2) is 0 Å². The van der Waals surface area contributed by atoms with Gasteiger partial charge in [0.1, 0.15) is 0 Å². The van der Waals surface area contributed by atoms with Gasteiger partial charge in [-0.1, -0.05) is 45.0 Å². The van der Waals surface area contributed by atoms with Gasteiger partial charge in [-0.25, -0.2) is 0 Å². The number of carbonyl (C=O) groups excluding carboxylic acids is 1. The lowest BCUT2D eigenvalue weighted by Gasteiger charge is -2.23. The second-order valence-electron chi connectivity index (χ2n) is 6.78. The van der Waals surface area contributed by atoms with Gasteiger partial charge in [0.25, 0.3) is 0 Å². The van der Waals surface area contributed by atoms with Gasteiger partial charge in [0.2, 0.25) is 5.91 Å². The van der Waals surface area contributed by atoms with Gasteiger partial charge < -0.3 is 10.6 Å². The molecule has 1 aliphatic rings. The summed E-state index contributed by atoms with van der Waals surface area (Å²) in [5, 5.41) is 6.59. The van der Waals surface area contributed by atoms with Crippen LogP contribution in [0, 0.1) is 11.8 Å². The highest BCUT2D eigenvalue weighted by Gasteiger charge is 2.20. The van der Waals surface area contributed by atoms with Crippen molar-refractivity contribution in [3.63, 3.8) is 0 Å². The minimum absolute atomic E-state index is 0.111. The molecule has 0 aromatic heterocycles. The molecule has 0 radical (unpaired) electrons. The van der Waals surface area contributed by atoms with Crippen LogP contribution in [0.5, 0.6) is 0 Å². The summed E-state index contributed by atoms with van der Waals surface area (Å²) in [6, 6.07) is 8.76. The first-order chi connectivity index (χ1) is 10.6. The normalized spacial score (nSPS) is 19.4. The fraction of sp³-hybridized carbons (Fsp3) is 0.632. The first-order valence-electron chi connectivity index (χ1n) is 8.69. The number of rotatable bonds is 7. The van der Waals surface area contributed by atoms with Gasteiger partial charge in [-0.3, -0.25) is 4.79 Å². The second-order valence-corrected chi connectivity index (χ2v) is 6.78. The van der Waals surface area contributed by atoms with Crippen LogP contribution in [0.3, 0.4) is 0 Å². The zero-order valence-electron chi connectivity index (χ0n) is 14.2. The molecule has 22 heavy (non-hydrogen) atoms. The Balaban J connectivity index is 1.90. The van der Waals surface area contributed by atoms with E-state index in [0.29, 0.717) is 18.3 Å². The molecule has 3 heteroatoms. The summed E-state index contributed by atoms with van der Waals surface area (Å²) >= 11 is 0. The van der Waals surface area contributed by atoms with Crippen molar-refractivity contribution >= 4 is 5.91 Å². The predicted octanol–water partition coefficient (Wildman–Crippen LogP) is 3.45. The molecule has 0 saturated carbocycles. The molecule has 1 amide bonds. The maximum Gasteiger partial charge on any atom is 0.220 e. The van der Waals surface area contributed by atoms with Crippen molar-refractivity contribution in [2.24, 2.45) is 11.8 Å². The largest absolute Gasteiger partial charge is 0.349 e. The summed E-state index contributed by atoms with van der Waals surface area (Å²) in [6.07, 6.45) is 3.90. The van der Waals surface area contributed by atoms with Crippen LogP contribution in [0.15, 0.2) is 24.3 Å². The van der Waals surface area contributed by atoms with Crippen LogP contribution in [0.4, 0.5) is 0 Å². The number of amides is 1. The Morgan fingerprint density at radius 1 is 1.32 bits per heavy atom. The van der Waals surface area contributed by atoms with Gasteiger partial charge in [0.05, 0.1) is 6.04 Å². The molecule has 1 aromatic rings. The van der Waals surface area contributed by atoms with E-state index in [-0.39, 0.29) is 11.9 Å². The molecule has 0 bridgehead atoms. The summed E-state index contributed by atoms with van der Waals surface area (Å²) in [4.78, 5) is 12.3. The molecule has 3 nitrogen and oxygen atoms in total. The number of benzene rings is 1. The van der Waals surface area contributed by atoms with Crippen molar-refractivity contribution in [1.82, 2.24) is 10.6 Å². The topological polar surface area (TPSA) is 41.1 Å². The van der Waals surface area contributed by atoms with Crippen LogP contribution in [0.1, 0.15) is 57.2 Å². The molecule has 2 N–H and O–H groups in total. The molecule has 2 atom stereocenters. The minimum Gasteiger partial charge on any atom is -0.349 e. The van der Waals surface area contributed by atoms with E-state index in [1.807, 2.05) is 0 Å². The number of hydrogen-bond donors (Lipinski definition) is 2. The summed E-state index contributed by atoms with van der Waals surface area (Å²) in [6.45, 7) is 8.66. The van der Waals surface area contributed by atoms with Crippen molar-refractivity contribution in [2.45, 2.75) is 52.5 Å². The Kier molecular flexibility index (Phi) is 6.44. The Labute approximate surface area is 134 Å². The van der Waals surface area contributed by atoms with Gasteiger partial charge in [0, 0.05) is 6.42 Å². The lowest BCUT2D eigenvalue weighted by molar-refractivity contribution is -0.122. The van der Waals surface area contributed by atoms with Gasteiger partial charge in [-0.15, -0.1) is 0 Å². The Bertz CT molecular complexity index is 461. The fourth-order valence-corrected chi connectivity index (χ4v) is 3.14. The van der Waals surface area contributed by atoms with Crippen molar-refractivity contribution in [3.05, 3.63) is 35.4 Å². The van der Waals surface area contributed by atoms with Crippen molar-refractivity contribution in [2.75, 3.05) is 13.1 Å². The van der Waals surface area contributed by atoms with Crippen LogP contribution in [-0.2, 0) is 11.2 Å². The molecule has 2 unspecified atom stereocenters. The van der Waals surface area contributed by atoms with Crippen molar-refractivity contribution < 1.29 is 4.79 Å². The predicted molar refractivity (Wildman–Crippen MR) is 91.8 cm³/mol. The summed E-state index contributed by atoms with van der Waals surface area (Å²) in [7, 11) is 0. The Hall–Kier alpha value is -1.35. The van der Waals surface area contributed by atoms with Crippen LogP contribution in [-0.4, -0.2) is 19.0 Å². The van der Waals surface area contributed by atoms with E-state index in [0.717, 1.165) is 25.9 Å². The molecule has 122 valence electrons. The third kappa shape index (κ3) is 4.84. The van der Waals surface area contributed by atoms with Crippen LogP contribution < -0.4 is 10.6 Å². The third-order valence-corrected chi connectivity index (χ3v) is 4.67. The summed E-state index contributed by atoms with van der Waals surface area (Å²) in [5.74, 6) is 1.25. The molecular weight excluding hydrogens is 272 g/mol. The highest BCUT2D eigenvalue weighted by Crippen LogP contribution is 2.23. The SMILES string of the molecule is CCc1ccc(C(NC(=O)CCC2CCNC2)C(C)C)cc1. The van der Waals surface area contributed by atoms with Gasteiger partial charge in [-0.2, -0.15) is 0 Å². The molecule has 1 saturated heterocycles. The van der Waals surface area contributed by atoms with E-state index < -0.39 is 0 Å². The smallest absolute Gasteiger partial charge is 0.220 e. The van der Waals surface area contributed by atoms with Crippen LogP contribution in [0.2, 0.25) is 0 Å². The first-order valence-corrected chi connectivity index (χ1v) is 8.69. The van der Waals surface area contributed by atoms with E-state index in [2.05, 4.69) is 55.7 Å².